The summed E-state index contributed by atoms with van der Waals surface area (Å²) in [5.74, 6) is 0. The van der Waals surface area contributed by atoms with Crippen LogP contribution in [0.15, 0.2) is 12.7 Å². The molecule has 0 N–H and O–H groups in total. The first kappa shape index (κ1) is 6.22. The van der Waals surface area contributed by atoms with Crippen molar-refractivity contribution in [2.75, 3.05) is 14.1 Å². The van der Waals surface area contributed by atoms with Crippen LogP contribution in [-0.4, -0.2) is 33.8 Å². The molecule has 0 spiro atoms. The van der Waals surface area contributed by atoms with Crippen molar-refractivity contribution in [2.45, 2.75) is 6.67 Å². The molecule has 1 aromatic rings. The van der Waals surface area contributed by atoms with Gasteiger partial charge in [0.25, 0.3) is 0 Å². The van der Waals surface area contributed by atoms with Crippen molar-refractivity contribution in [2.24, 2.45) is 0 Å². The average molecular weight is 126 g/mol. The fourth-order valence-electron chi connectivity index (χ4n) is 0.596. The van der Waals surface area contributed by atoms with Gasteiger partial charge < -0.3 is 0 Å². The number of aromatic nitrogens is 3. The largest absolute Gasteiger partial charge is 0.291 e. The molecule has 0 atom stereocenters. The van der Waals surface area contributed by atoms with E-state index in [1.807, 2.05) is 19.0 Å². The fourth-order valence-corrected chi connectivity index (χ4v) is 0.596. The molecule has 0 aliphatic heterocycles. The van der Waals surface area contributed by atoms with Gasteiger partial charge in [-0.05, 0) is 14.1 Å². The van der Waals surface area contributed by atoms with Gasteiger partial charge in [-0.2, -0.15) is 5.10 Å². The molecule has 0 amide bonds. The predicted octanol–water partition coefficient (Wildman–Crippen LogP) is -0.203. The third-order valence-corrected chi connectivity index (χ3v) is 0.894. The van der Waals surface area contributed by atoms with Crippen LogP contribution in [0.5, 0.6) is 0 Å². The highest BCUT2D eigenvalue weighted by molar-refractivity contribution is 4.53. The monoisotopic (exact) mass is 126 g/mol. The van der Waals surface area contributed by atoms with Gasteiger partial charge in [-0.1, -0.05) is 0 Å². The first-order chi connectivity index (χ1) is 4.29. The molecule has 0 fully saturated rings. The van der Waals surface area contributed by atoms with Crippen LogP contribution in [0, 0.1) is 0 Å². The molecule has 50 valence electrons. The van der Waals surface area contributed by atoms with E-state index in [9.17, 15) is 0 Å². The molecule has 1 heterocycles. The van der Waals surface area contributed by atoms with Crippen LogP contribution in [0.3, 0.4) is 0 Å². The van der Waals surface area contributed by atoms with E-state index in [4.69, 9.17) is 0 Å². The summed E-state index contributed by atoms with van der Waals surface area (Å²) in [7, 11) is 3.98. The Morgan fingerprint density at radius 1 is 1.56 bits per heavy atom. The lowest BCUT2D eigenvalue weighted by Gasteiger charge is -2.07. The summed E-state index contributed by atoms with van der Waals surface area (Å²) in [6.07, 6.45) is 3.23. The summed E-state index contributed by atoms with van der Waals surface area (Å²) < 4.78 is 1.76. The Bertz CT molecular complexity index is 155. The Balaban J connectivity index is 2.48. The van der Waals surface area contributed by atoms with E-state index in [0.717, 1.165) is 6.67 Å². The van der Waals surface area contributed by atoms with E-state index in [-0.39, 0.29) is 0 Å². The minimum absolute atomic E-state index is 0.792. The SMILES string of the molecule is CN(C)Cn1cncn1. The van der Waals surface area contributed by atoms with Crippen LogP contribution >= 0.6 is 0 Å². The Labute approximate surface area is 54.1 Å². The van der Waals surface area contributed by atoms with Gasteiger partial charge in [0.15, 0.2) is 0 Å². The molecule has 0 radical (unpaired) electrons. The van der Waals surface area contributed by atoms with Gasteiger partial charge in [0, 0.05) is 0 Å². The molecular weight excluding hydrogens is 116 g/mol. The summed E-state index contributed by atoms with van der Waals surface area (Å²) in [6, 6.07) is 0. The first-order valence-electron chi connectivity index (χ1n) is 2.76. The van der Waals surface area contributed by atoms with Crippen LogP contribution in [0.25, 0.3) is 0 Å². The number of hydrogen-bond acceptors (Lipinski definition) is 3. The minimum Gasteiger partial charge on any atom is -0.291 e. The van der Waals surface area contributed by atoms with Gasteiger partial charge in [-0.25, -0.2) is 9.67 Å². The van der Waals surface area contributed by atoms with Gasteiger partial charge in [-0.15, -0.1) is 0 Å². The molecule has 0 saturated heterocycles. The second-order valence-corrected chi connectivity index (χ2v) is 2.16. The molecule has 0 bridgehead atoms. The lowest BCUT2D eigenvalue weighted by molar-refractivity contribution is 0.306. The van der Waals surface area contributed by atoms with E-state index < -0.39 is 0 Å². The minimum atomic E-state index is 0.792. The van der Waals surface area contributed by atoms with E-state index in [1.54, 1.807) is 11.0 Å². The smallest absolute Gasteiger partial charge is 0.137 e. The zero-order valence-corrected chi connectivity index (χ0v) is 5.65. The van der Waals surface area contributed by atoms with E-state index in [0.29, 0.717) is 0 Å². The van der Waals surface area contributed by atoms with E-state index in [1.165, 1.54) is 6.33 Å². The maximum absolute atomic E-state index is 3.92. The van der Waals surface area contributed by atoms with Gasteiger partial charge in [-0.3, -0.25) is 4.90 Å². The molecule has 9 heavy (non-hydrogen) atoms. The second-order valence-electron chi connectivity index (χ2n) is 2.16. The Kier molecular flexibility index (Phi) is 1.79. The van der Waals surface area contributed by atoms with E-state index in [2.05, 4.69) is 10.1 Å². The van der Waals surface area contributed by atoms with Crippen molar-refractivity contribution in [1.29, 1.82) is 0 Å². The number of rotatable bonds is 2. The average Bonchev–Trinajstić information content (AvgIpc) is 2.15. The molecule has 0 saturated carbocycles. The quantitative estimate of drug-likeness (QED) is 0.550. The van der Waals surface area contributed by atoms with Gasteiger partial charge in [0.2, 0.25) is 0 Å². The molecule has 4 nitrogen and oxygen atoms in total. The highest BCUT2D eigenvalue weighted by Gasteiger charge is 1.89. The van der Waals surface area contributed by atoms with Gasteiger partial charge in [0.1, 0.15) is 12.7 Å². The van der Waals surface area contributed by atoms with Crippen LogP contribution in [0.2, 0.25) is 0 Å². The zero-order chi connectivity index (χ0) is 6.69. The van der Waals surface area contributed by atoms with Crippen LogP contribution < -0.4 is 0 Å². The lowest BCUT2D eigenvalue weighted by atomic mass is 10.9. The van der Waals surface area contributed by atoms with Crippen LogP contribution in [-0.2, 0) is 6.67 Å². The number of nitrogens with zero attached hydrogens (tertiary/aromatic N) is 4. The molecular formula is C5H10N4. The van der Waals surface area contributed by atoms with Crippen molar-refractivity contribution >= 4 is 0 Å². The lowest BCUT2D eigenvalue weighted by Crippen LogP contribution is -2.16. The summed E-state index contributed by atoms with van der Waals surface area (Å²) in [5.41, 5.74) is 0. The Hall–Kier alpha value is -0.900. The molecule has 0 aromatic carbocycles. The summed E-state index contributed by atoms with van der Waals surface area (Å²) in [5, 5.41) is 3.92. The molecule has 1 aromatic heterocycles. The van der Waals surface area contributed by atoms with Crippen molar-refractivity contribution in [3.8, 4) is 0 Å². The van der Waals surface area contributed by atoms with Crippen molar-refractivity contribution < 1.29 is 0 Å². The van der Waals surface area contributed by atoms with Crippen molar-refractivity contribution in [1.82, 2.24) is 19.7 Å². The van der Waals surface area contributed by atoms with Crippen molar-refractivity contribution in [3.05, 3.63) is 12.7 Å². The summed E-state index contributed by atoms with van der Waals surface area (Å²) in [6.45, 7) is 0.792. The maximum Gasteiger partial charge on any atom is 0.137 e. The third-order valence-electron chi connectivity index (χ3n) is 0.894. The molecule has 1 rings (SSSR count). The normalized spacial score (nSPS) is 10.6. The fraction of sp³-hybridized carbons (Fsp3) is 0.600. The topological polar surface area (TPSA) is 34.0 Å². The van der Waals surface area contributed by atoms with Crippen LogP contribution in [0.1, 0.15) is 0 Å². The molecule has 4 heteroatoms. The maximum atomic E-state index is 3.92. The standard InChI is InChI=1S/C5H10N4/c1-8(2)5-9-4-6-3-7-9/h3-4H,5H2,1-2H3. The van der Waals surface area contributed by atoms with Gasteiger partial charge >= 0.3 is 0 Å². The first-order valence-corrected chi connectivity index (χ1v) is 2.76. The zero-order valence-electron chi connectivity index (χ0n) is 5.65. The second kappa shape index (κ2) is 2.59. The summed E-state index contributed by atoms with van der Waals surface area (Å²) in [4.78, 5) is 5.82. The Morgan fingerprint density at radius 3 is 2.78 bits per heavy atom. The van der Waals surface area contributed by atoms with Crippen molar-refractivity contribution in [3.63, 3.8) is 0 Å². The highest BCUT2D eigenvalue weighted by atomic mass is 15.4. The third kappa shape index (κ3) is 1.81. The van der Waals surface area contributed by atoms with Gasteiger partial charge in [0.05, 0.1) is 6.67 Å². The summed E-state index contributed by atoms with van der Waals surface area (Å²) >= 11 is 0. The number of hydrogen-bond donors (Lipinski definition) is 0. The molecule has 0 aliphatic rings. The van der Waals surface area contributed by atoms with Crippen LogP contribution in [0.4, 0.5) is 0 Å². The molecule has 0 unspecified atom stereocenters. The molecule has 0 aliphatic carbocycles. The predicted molar refractivity (Wildman–Crippen MR) is 33.7 cm³/mol. The Morgan fingerprint density at radius 2 is 2.33 bits per heavy atom. The highest BCUT2D eigenvalue weighted by Crippen LogP contribution is 1.81. The van der Waals surface area contributed by atoms with E-state index >= 15 is 0 Å².